The van der Waals surface area contributed by atoms with Crippen LogP contribution in [0.25, 0.3) is 0 Å². The molecule has 0 spiro atoms. The van der Waals surface area contributed by atoms with Crippen molar-refractivity contribution in [2.75, 3.05) is 0 Å². The van der Waals surface area contributed by atoms with E-state index in [0.29, 0.717) is 0 Å². The molecule has 0 radical (unpaired) electrons. The van der Waals surface area contributed by atoms with Crippen molar-refractivity contribution in [3.05, 3.63) is 68.1 Å². The summed E-state index contributed by atoms with van der Waals surface area (Å²) < 4.78 is 1.87. The lowest BCUT2D eigenvalue weighted by Crippen LogP contribution is -2.16. The van der Waals surface area contributed by atoms with E-state index in [4.69, 9.17) is 0 Å². The van der Waals surface area contributed by atoms with Crippen LogP contribution >= 0.6 is 31.9 Å². The van der Waals surface area contributed by atoms with Crippen LogP contribution in [-0.2, 0) is 5.41 Å². The van der Waals surface area contributed by atoms with E-state index in [0.717, 1.165) is 20.1 Å². The first kappa shape index (κ1) is 15.7. The van der Waals surface area contributed by atoms with Crippen LogP contribution in [0.15, 0.2) is 51.4 Å². The Labute approximate surface area is 137 Å². The minimum Gasteiger partial charge on any atom is -0.384 e. The fraction of sp³-hybridized carbons (Fsp3) is 0.294. The van der Waals surface area contributed by atoms with Gasteiger partial charge in [0.25, 0.3) is 0 Å². The molecule has 106 valence electrons. The molecule has 1 N–H and O–H groups in total. The Kier molecular flexibility index (Phi) is 4.73. The molecular formula is C17H18Br2O. The van der Waals surface area contributed by atoms with Gasteiger partial charge in [-0.3, -0.25) is 0 Å². The molecule has 0 heterocycles. The molecule has 3 heteroatoms. The van der Waals surface area contributed by atoms with Gasteiger partial charge in [-0.2, -0.15) is 0 Å². The first-order chi connectivity index (χ1) is 9.30. The fourth-order valence-corrected chi connectivity index (χ4v) is 3.15. The summed E-state index contributed by atoms with van der Waals surface area (Å²) in [4.78, 5) is 0. The Bertz CT molecular complexity index is 615. The lowest BCUT2D eigenvalue weighted by molar-refractivity contribution is 0.216. The number of aliphatic hydroxyl groups excluding tert-OH is 1. The third-order valence-corrected chi connectivity index (χ3v) is 4.53. The average Bonchev–Trinajstić information content (AvgIpc) is 2.40. The van der Waals surface area contributed by atoms with Crippen LogP contribution in [0.4, 0.5) is 0 Å². The Morgan fingerprint density at radius 1 is 0.950 bits per heavy atom. The number of hydrogen-bond donors (Lipinski definition) is 1. The van der Waals surface area contributed by atoms with E-state index in [1.165, 1.54) is 5.56 Å². The van der Waals surface area contributed by atoms with E-state index in [1.54, 1.807) is 0 Å². The van der Waals surface area contributed by atoms with E-state index in [1.807, 2.05) is 36.4 Å². The van der Waals surface area contributed by atoms with Crippen LogP contribution in [0.3, 0.4) is 0 Å². The standard InChI is InChI=1S/C17H18Br2O/c1-17(2,3)14-7-5-4-6-12(14)16(20)13-10-11(18)8-9-15(13)19/h4-10,16,20H,1-3H3. The molecule has 20 heavy (non-hydrogen) atoms. The van der Waals surface area contributed by atoms with Gasteiger partial charge in [-0.15, -0.1) is 0 Å². The van der Waals surface area contributed by atoms with Crippen LogP contribution < -0.4 is 0 Å². The van der Waals surface area contributed by atoms with Crippen molar-refractivity contribution in [1.29, 1.82) is 0 Å². The van der Waals surface area contributed by atoms with E-state index >= 15 is 0 Å². The molecule has 1 atom stereocenters. The van der Waals surface area contributed by atoms with Gasteiger partial charge in [-0.1, -0.05) is 76.9 Å². The van der Waals surface area contributed by atoms with Crippen molar-refractivity contribution in [2.24, 2.45) is 0 Å². The van der Waals surface area contributed by atoms with Crippen LogP contribution in [0.5, 0.6) is 0 Å². The lowest BCUT2D eigenvalue weighted by Gasteiger charge is -2.26. The predicted molar refractivity (Wildman–Crippen MR) is 91.0 cm³/mol. The number of benzene rings is 2. The van der Waals surface area contributed by atoms with Gasteiger partial charge in [0.2, 0.25) is 0 Å². The van der Waals surface area contributed by atoms with Crippen LogP contribution in [0, 0.1) is 0 Å². The van der Waals surface area contributed by atoms with Crippen molar-refractivity contribution in [3.63, 3.8) is 0 Å². The Morgan fingerprint density at radius 3 is 2.25 bits per heavy atom. The molecule has 0 fully saturated rings. The second-order valence-electron chi connectivity index (χ2n) is 5.91. The van der Waals surface area contributed by atoms with Gasteiger partial charge in [0, 0.05) is 14.5 Å². The summed E-state index contributed by atoms with van der Waals surface area (Å²) in [7, 11) is 0. The summed E-state index contributed by atoms with van der Waals surface area (Å²) in [6, 6.07) is 13.9. The quantitative estimate of drug-likeness (QED) is 0.700. The zero-order valence-electron chi connectivity index (χ0n) is 11.8. The van der Waals surface area contributed by atoms with E-state index in [-0.39, 0.29) is 5.41 Å². The highest BCUT2D eigenvalue weighted by Gasteiger charge is 2.23. The average molecular weight is 398 g/mol. The van der Waals surface area contributed by atoms with Crippen molar-refractivity contribution < 1.29 is 5.11 Å². The summed E-state index contributed by atoms with van der Waals surface area (Å²) in [6.07, 6.45) is -0.641. The van der Waals surface area contributed by atoms with E-state index in [2.05, 4.69) is 58.7 Å². The second kappa shape index (κ2) is 6.00. The molecule has 0 saturated carbocycles. The predicted octanol–water partition coefficient (Wildman–Crippen LogP) is 5.59. The largest absolute Gasteiger partial charge is 0.384 e. The second-order valence-corrected chi connectivity index (χ2v) is 7.68. The third-order valence-electron chi connectivity index (χ3n) is 3.32. The summed E-state index contributed by atoms with van der Waals surface area (Å²) in [5.41, 5.74) is 2.99. The highest BCUT2D eigenvalue weighted by atomic mass is 79.9. The highest BCUT2D eigenvalue weighted by Crippen LogP contribution is 2.36. The van der Waals surface area contributed by atoms with Gasteiger partial charge in [-0.25, -0.2) is 0 Å². The van der Waals surface area contributed by atoms with E-state index in [9.17, 15) is 5.11 Å². The number of rotatable bonds is 2. The number of aliphatic hydroxyl groups is 1. The molecule has 0 bridgehead atoms. The number of hydrogen-bond acceptors (Lipinski definition) is 1. The van der Waals surface area contributed by atoms with Gasteiger partial charge >= 0.3 is 0 Å². The minimum atomic E-state index is -0.641. The Balaban J connectivity index is 2.54. The molecule has 0 aliphatic carbocycles. The van der Waals surface area contributed by atoms with Gasteiger partial charge in [0.05, 0.1) is 0 Å². The molecule has 2 aromatic rings. The molecular weight excluding hydrogens is 380 g/mol. The van der Waals surface area contributed by atoms with Gasteiger partial charge in [-0.05, 0) is 34.7 Å². The molecule has 2 aromatic carbocycles. The molecule has 0 amide bonds. The van der Waals surface area contributed by atoms with Crippen LogP contribution in [-0.4, -0.2) is 5.11 Å². The lowest BCUT2D eigenvalue weighted by atomic mass is 9.81. The maximum Gasteiger partial charge on any atom is 0.105 e. The maximum absolute atomic E-state index is 10.8. The zero-order chi connectivity index (χ0) is 14.9. The molecule has 1 nitrogen and oxygen atoms in total. The summed E-state index contributed by atoms with van der Waals surface area (Å²) in [5.74, 6) is 0. The third kappa shape index (κ3) is 3.33. The zero-order valence-corrected chi connectivity index (χ0v) is 15.0. The van der Waals surface area contributed by atoms with Crippen LogP contribution in [0.1, 0.15) is 43.6 Å². The monoisotopic (exact) mass is 396 g/mol. The molecule has 0 saturated heterocycles. The Morgan fingerprint density at radius 2 is 1.60 bits per heavy atom. The van der Waals surface area contributed by atoms with Crippen molar-refractivity contribution in [3.8, 4) is 0 Å². The first-order valence-electron chi connectivity index (χ1n) is 6.53. The molecule has 0 aliphatic heterocycles. The van der Waals surface area contributed by atoms with Crippen molar-refractivity contribution >= 4 is 31.9 Å². The normalized spacial score (nSPS) is 13.3. The highest BCUT2D eigenvalue weighted by molar-refractivity contribution is 9.11. The summed E-state index contributed by atoms with van der Waals surface area (Å²) >= 11 is 6.99. The molecule has 0 aliphatic rings. The summed E-state index contributed by atoms with van der Waals surface area (Å²) in [6.45, 7) is 6.48. The Hall–Kier alpha value is -0.640. The first-order valence-corrected chi connectivity index (χ1v) is 8.11. The van der Waals surface area contributed by atoms with Gasteiger partial charge in [0.15, 0.2) is 0 Å². The van der Waals surface area contributed by atoms with Gasteiger partial charge < -0.3 is 5.11 Å². The van der Waals surface area contributed by atoms with Crippen molar-refractivity contribution in [1.82, 2.24) is 0 Å². The minimum absolute atomic E-state index is 0.00391. The SMILES string of the molecule is CC(C)(C)c1ccccc1C(O)c1cc(Br)ccc1Br. The topological polar surface area (TPSA) is 20.2 Å². The number of halogens is 2. The van der Waals surface area contributed by atoms with Gasteiger partial charge in [0.1, 0.15) is 6.10 Å². The molecule has 0 aromatic heterocycles. The molecule has 1 unspecified atom stereocenters. The smallest absolute Gasteiger partial charge is 0.105 e. The fourth-order valence-electron chi connectivity index (χ4n) is 2.31. The maximum atomic E-state index is 10.8. The van der Waals surface area contributed by atoms with Crippen LogP contribution in [0.2, 0.25) is 0 Å². The summed E-state index contributed by atoms with van der Waals surface area (Å²) in [5, 5.41) is 10.8. The molecule has 2 rings (SSSR count). The van der Waals surface area contributed by atoms with Crippen molar-refractivity contribution in [2.45, 2.75) is 32.3 Å². The van der Waals surface area contributed by atoms with E-state index < -0.39 is 6.10 Å².